The lowest BCUT2D eigenvalue weighted by Gasteiger charge is -2.05. The van der Waals surface area contributed by atoms with Crippen molar-refractivity contribution in [2.45, 2.75) is 12.8 Å². The van der Waals surface area contributed by atoms with E-state index in [1.165, 1.54) is 0 Å². The van der Waals surface area contributed by atoms with Gasteiger partial charge in [-0.15, -0.1) is 0 Å². The molecule has 0 atom stereocenters. The molecule has 4 heteroatoms. The van der Waals surface area contributed by atoms with Crippen LogP contribution in [0.2, 0.25) is 0 Å². The van der Waals surface area contributed by atoms with E-state index in [0.717, 1.165) is 12.0 Å². The number of nitro benzene ring substituents is 1. The molecule has 0 saturated heterocycles. The molecule has 0 unspecified atom stereocenters. The summed E-state index contributed by atoms with van der Waals surface area (Å²) in [7, 11) is 0. The zero-order valence-corrected chi connectivity index (χ0v) is 9.87. The highest BCUT2D eigenvalue weighted by atomic mass is 16.6. The summed E-state index contributed by atoms with van der Waals surface area (Å²) in [5.41, 5.74) is 7.76. The lowest BCUT2D eigenvalue weighted by molar-refractivity contribution is -0.384. The molecule has 4 nitrogen and oxygen atoms in total. The molecule has 0 heterocycles. The summed E-state index contributed by atoms with van der Waals surface area (Å²) in [5.74, 6) is 0. The number of anilines is 1. The summed E-state index contributed by atoms with van der Waals surface area (Å²) in [6.07, 6.45) is 1.39. The number of nitrogen functional groups attached to an aromatic ring is 1. The predicted molar refractivity (Wildman–Crippen MR) is 71.4 cm³/mol. The van der Waals surface area contributed by atoms with Crippen molar-refractivity contribution in [1.82, 2.24) is 0 Å². The van der Waals surface area contributed by atoms with Gasteiger partial charge in [0.1, 0.15) is 5.69 Å². The third-order valence-electron chi connectivity index (χ3n) is 2.86. The molecule has 0 saturated carbocycles. The minimum absolute atomic E-state index is 0.0356. The Morgan fingerprint density at radius 1 is 1.00 bits per heavy atom. The van der Waals surface area contributed by atoms with Crippen LogP contribution < -0.4 is 5.73 Å². The quantitative estimate of drug-likeness (QED) is 0.509. The first kappa shape index (κ1) is 12.1. The minimum atomic E-state index is -0.407. The average molecular weight is 242 g/mol. The van der Waals surface area contributed by atoms with E-state index in [1.54, 1.807) is 18.2 Å². The molecule has 0 bridgehead atoms. The van der Waals surface area contributed by atoms with Gasteiger partial charge >= 0.3 is 0 Å². The number of nitro groups is 1. The topological polar surface area (TPSA) is 69.2 Å². The van der Waals surface area contributed by atoms with E-state index in [9.17, 15) is 10.1 Å². The van der Waals surface area contributed by atoms with Gasteiger partial charge in [0.25, 0.3) is 5.69 Å². The van der Waals surface area contributed by atoms with Crippen LogP contribution in [0.5, 0.6) is 0 Å². The first-order chi connectivity index (χ1) is 8.68. The Labute approximate surface area is 105 Å². The summed E-state index contributed by atoms with van der Waals surface area (Å²) in [4.78, 5) is 10.6. The van der Waals surface area contributed by atoms with Crippen molar-refractivity contribution >= 4 is 11.4 Å². The molecule has 92 valence electrons. The fourth-order valence-corrected chi connectivity index (χ4v) is 1.96. The first-order valence-corrected chi connectivity index (χ1v) is 5.74. The number of nitrogens with zero attached hydrogens (tertiary/aromatic N) is 1. The van der Waals surface area contributed by atoms with Crippen LogP contribution in [-0.4, -0.2) is 4.92 Å². The summed E-state index contributed by atoms with van der Waals surface area (Å²) in [6, 6.07) is 15.0. The van der Waals surface area contributed by atoms with Crippen molar-refractivity contribution in [2.24, 2.45) is 0 Å². The van der Waals surface area contributed by atoms with Gasteiger partial charge in [0.15, 0.2) is 0 Å². The maximum absolute atomic E-state index is 11.0. The summed E-state index contributed by atoms with van der Waals surface area (Å²) < 4.78 is 0. The van der Waals surface area contributed by atoms with E-state index in [-0.39, 0.29) is 11.4 Å². The maximum Gasteiger partial charge on any atom is 0.295 e. The average Bonchev–Trinajstić information content (AvgIpc) is 2.37. The molecular formula is C14H14N2O2. The Hall–Kier alpha value is -2.36. The molecule has 0 fully saturated rings. The Morgan fingerprint density at radius 2 is 1.72 bits per heavy atom. The van der Waals surface area contributed by atoms with Crippen molar-refractivity contribution in [3.8, 4) is 0 Å². The molecule has 0 aromatic heterocycles. The number of hydrogen-bond donors (Lipinski definition) is 1. The van der Waals surface area contributed by atoms with Crippen LogP contribution in [0.3, 0.4) is 0 Å². The second-order valence-electron chi connectivity index (χ2n) is 4.10. The number of benzene rings is 2. The van der Waals surface area contributed by atoms with Crippen LogP contribution in [-0.2, 0) is 12.8 Å². The van der Waals surface area contributed by atoms with Crippen LogP contribution >= 0.6 is 0 Å². The molecule has 0 amide bonds. The van der Waals surface area contributed by atoms with Gasteiger partial charge in [-0.2, -0.15) is 0 Å². The van der Waals surface area contributed by atoms with E-state index < -0.39 is 4.92 Å². The fourth-order valence-electron chi connectivity index (χ4n) is 1.96. The maximum atomic E-state index is 11.0. The second kappa shape index (κ2) is 5.31. The molecule has 2 N–H and O–H groups in total. The molecule has 0 aliphatic rings. The van der Waals surface area contributed by atoms with Gasteiger partial charge in [-0.25, -0.2) is 0 Å². The van der Waals surface area contributed by atoms with Crippen molar-refractivity contribution in [3.63, 3.8) is 0 Å². The molecular weight excluding hydrogens is 228 g/mol. The van der Waals surface area contributed by atoms with Gasteiger partial charge in [0.05, 0.1) is 4.92 Å². The van der Waals surface area contributed by atoms with Crippen molar-refractivity contribution < 1.29 is 4.92 Å². The predicted octanol–water partition coefficient (Wildman–Crippen LogP) is 2.96. The summed E-state index contributed by atoms with van der Waals surface area (Å²) in [6.45, 7) is 0. The zero-order chi connectivity index (χ0) is 13.0. The number of nitrogens with two attached hydrogens (primary N) is 1. The molecule has 0 radical (unpaired) electrons. The number of aryl methyl sites for hydroxylation is 2. The van der Waals surface area contributed by atoms with Gasteiger partial charge < -0.3 is 5.73 Å². The standard InChI is InChI=1S/C14H14N2O2/c15-13-8-4-7-12(14(13)16(17)18)10-9-11-5-2-1-3-6-11/h1-8H,9-10,15H2. The molecule has 2 rings (SSSR count). The molecule has 0 aliphatic heterocycles. The number of hydrogen-bond acceptors (Lipinski definition) is 3. The second-order valence-corrected chi connectivity index (χ2v) is 4.10. The van der Waals surface area contributed by atoms with E-state index in [0.29, 0.717) is 12.0 Å². The number of rotatable bonds is 4. The van der Waals surface area contributed by atoms with Gasteiger partial charge in [-0.05, 0) is 24.5 Å². The Morgan fingerprint density at radius 3 is 2.39 bits per heavy atom. The van der Waals surface area contributed by atoms with E-state index in [1.807, 2.05) is 30.3 Å². The van der Waals surface area contributed by atoms with Crippen LogP contribution in [0.1, 0.15) is 11.1 Å². The molecule has 0 aliphatic carbocycles. The Bertz CT molecular complexity index is 553. The van der Waals surface area contributed by atoms with Crippen LogP contribution in [0.15, 0.2) is 48.5 Å². The van der Waals surface area contributed by atoms with Crippen LogP contribution in [0, 0.1) is 10.1 Å². The largest absolute Gasteiger partial charge is 0.393 e. The summed E-state index contributed by atoms with van der Waals surface area (Å²) in [5, 5.41) is 11.0. The van der Waals surface area contributed by atoms with Crippen molar-refractivity contribution in [2.75, 3.05) is 5.73 Å². The SMILES string of the molecule is Nc1cccc(CCc2ccccc2)c1[N+](=O)[O-]. The van der Waals surface area contributed by atoms with E-state index in [4.69, 9.17) is 5.73 Å². The third-order valence-corrected chi connectivity index (χ3v) is 2.86. The minimum Gasteiger partial charge on any atom is -0.393 e. The van der Waals surface area contributed by atoms with Gasteiger partial charge in [-0.1, -0.05) is 42.5 Å². The summed E-state index contributed by atoms with van der Waals surface area (Å²) >= 11 is 0. The van der Waals surface area contributed by atoms with Crippen molar-refractivity contribution in [3.05, 3.63) is 69.8 Å². The zero-order valence-electron chi connectivity index (χ0n) is 9.87. The molecule has 0 spiro atoms. The van der Waals surface area contributed by atoms with Crippen molar-refractivity contribution in [1.29, 1.82) is 0 Å². The van der Waals surface area contributed by atoms with Crippen LogP contribution in [0.25, 0.3) is 0 Å². The lowest BCUT2D eigenvalue weighted by atomic mass is 10.0. The molecule has 2 aromatic carbocycles. The number of para-hydroxylation sites is 1. The highest BCUT2D eigenvalue weighted by Gasteiger charge is 2.16. The molecule has 18 heavy (non-hydrogen) atoms. The molecule has 2 aromatic rings. The fraction of sp³-hybridized carbons (Fsp3) is 0.143. The highest BCUT2D eigenvalue weighted by molar-refractivity contribution is 5.62. The van der Waals surface area contributed by atoms with Gasteiger partial charge in [0.2, 0.25) is 0 Å². The normalized spacial score (nSPS) is 10.2. The van der Waals surface area contributed by atoms with E-state index >= 15 is 0 Å². The van der Waals surface area contributed by atoms with Crippen LogP contribution in [0.4, 0.5) is 11.4 Å². The van der Waals surface area contributed by atoms with E-state index in [2.05, 4.69) is 0 Å². The Kier molecular flexibility index (Phi) is 3.57. The Balaban J connectivity index is 2.20. The monoisotopic (exact) mass is 242 g/mol. The first-order valence-electron chi connectivity index (χ1n) is 5.74. The highest BCUT2D eigenvalue weighted by Crippen LogP contribution is 2.26. The third kappa shape index (κ3) is 2.66. The smallest absolute Gasteiger partial charge is 0.295 e. The lowest BCUT2D eigenvalue weighted by Crippen LogP contribution is -2.01. The van der Waals surface area contributed by atoms with Gasteiger partial charge in [0, 0.05) is 5.56 Å². The van der Waals surface area contributed by atoms with Gasteiger partial charge in [-0.3, -0.25) is 10.1 Å².